The molecule has 66 valence electrons. The van der Waals surface area contributed by atoms with Gasteiger partial charge in [-0.15, -0.1) is 0 Å². The molecule has 0 spiro atoms. The van der Waals surface area contributed by atoms with E-state index in [0.29, 0.717) is 17.4 Å². The van der Waals surface area contributed by atoms with Crippen molar-refractivity contribution < 1.29 is 4.74 Å². The summed E-state index contributed by atoms with van der Waals surface area (Å²) in [4.78, 5) is 0. The van der Waals surface area contributed by atoms with Gasteiger partial charge in [0.15, 0.2) is 0 Å². The summed E-state index contributed by atoms with van der Waals surface area (Å²) < 4.78 is 6.95. The highest BCUT2D eigenvalue weighted by atomic mass is 35.5. The number of hydrogen-bond acceptors (Lipinski definition) is 3. The van der Waals surface area contributed by atoms with E-state index < -0.39 is 0 Å². The molecule has 2 heterocycles. The van der Waals surface area contributed by atoms with Gasteiger partial charge in [-0.05, 0) is 6.42 Å². The number of rotatable bonds is 1. The van der Waals surface area contributed by atoms with Gasteiger partial charge in [0, 0.05) is 6.61 Å². The third-order valence-corrected chi connectivity index (χ3v) is 2.33. The molecule has 1 aliphatic rings. The maximum absolute atomic E-state index is 5.76. The molecule has 0 bridgehead atoms. The molecule has 0 saturated carbocycles. The van der Waals surface area contributed by atoms with Crippen molar-refractivity contribution in [2.75, 3.05) is 18.9 Å². The summed E-state index contributed by atoms with van der Waals surface area (Å²) in [5, 5.41) is 4.59. The standard InChI is InChI=1S/C7H10ClN3O/c8-6-3-10-11(7(6)9)5-1-2-12-4-5/h3,5H,1-2,4,9H2. The Kier molecular flexibility index (Phi) is 1.94. The van der Waals surface area contributed by atoms with E-state index in [1.54, 1.807) is 10.9 Å². The van der Waals surface area contributed by atoms with E-state index in [2.05, 4.69) is 5.10 Å². The van der Waals surface area contributed by atoms with Gasteiger partial charge in [0.2, 0.25) is 0 Å². The van der Waals surface area contributed by atoms with Gasteiger partial charge in [0.05, 0.1) is 18.8 Å². The van der Waals surface area contributed by atoms with Crippen molar-refractivity contribution in [1.82, 2.24) is 9.78 Å². The third kappa shape index (κ3) is 1.17. The van der Waals surface area contributed by atoms with E-state index >= 15 is 0 Å². The number of nitrogens with zero attached hydrogens (tertiary/aromatic N) is 2. The van der Waals surface area contributed by atoms with E-state index in [0.717, 1.165) is 13.0 Å². The summed E-state index contributed by atoms with van der Waals surface area (Å²) in [5.74, 6) is 0.534. The number of halogens is 1. The van der Waals surface area contributed by atoms with Crippen LogP contribution in [0.3, 0.4) is 0 Å². The Hall–Kier alpha value is -0.740. The van der Waals surface area contributed by atoms with Crippen molar-refractivity contribution in [2.45, 2.75) is 12.5 Å². The van der Waals surface area contributed by atoms with Gasteiger partial charge in [-0.2, -0.15) is 5.10 Å². The number of ether oxygens (including phenoxy) is 1. The van der Waals surface area contributed by atoms with Crippen molar-refractivity contribution in [2.24, 2.45) is 0 Å². The summed E-state index contributed by atoms with van der Waals surface area (Å²) in [6.45, 7) is 1.46. The van der Waals surface area contributed by atoms with Crippen LogP contribution in [0, 0.1) is 0 Å². The second kappa shape index (κ2) is 2.95. The van der Waals surface area contributed by atoms with Crippen LogP contribution in [0.5, 0.6) is 0 Å². The molecule has 12 heavy (non-hydrogen) atoms. The van der Waals surface area contributed by atoms with Crippen molar-refractivity contribution in [3.8, 4) is 0 Å². The summed E-state index contributed by atoms with van der Waals surface area (Å²) in [7, 11) is 0. The Bertz CT molecular complexity index is 280. The topological polar surface area (TPSA) is 53.1 Å². The number of nitrogen functional groups attached to an aromatic ring is 1. The smallest absolute Gasteiger partial charge is 0.141 e. The molecular formula is C7H10ClN3O. The van der Waals surface area contributed by atoms with Gasteiger partial charge in [-0.3, -0.25) is 0 Å². The van der Waals surface area contributed by atoms with Crippen LogP contribution in [-0.2, 0) is 4.74 Å². The lowest BCUT2D eigenvalue weighted by Gasteiger charge is -2.09. The highest BCUT2D eigenvalue weighted by Gasteiger charge is 2.20. The molecule has 4 nitrogen and oxygen atoms in total. The zero-order valence-electron chi connectivity index (χ0n) is 6.53. The minimum absolute atomic E-state index is 0.262. The fourth-order valence-electron chi connectivity index (χ4n) is 1.36. The average molecular weight is 188 g/mol. The molecule has 2 N–H and O–H groups in total. The van der Waals surface area contributed by atoms with Crippen molar-refractivity contribution in [3.05, 3.63) is 11.2 Å². The van der Waals surface area contributed by atoms with Gasteiger partial charge in [-0.25, -0.2) is 4.68 Å². The maximum Gasteiger partial charge on any atom is 0.141 e. The molecule has 0 aromatic carbocycles. The Morgan fingerprint density at radius 1 is 1.75 bits per heavy atom. The molecule has 0 aliphatic carbocycles. The van der Waals surface area contributed by atoms with Crippen LogP contribution in [0.15, 0.2) is 6.20 Å². The van der Waals surface area contributed by atoms with Crippen LogP contribution in [-0.4, -0.2) is 23.0 Å². The molecule has 1 atom stereocenters. The average Bonchev–Trinajstić information content (AvgIpc) is 2.64. The van der Waals surface area contributed by atoms with Crippen LogP contribution < -0.4 is 5.73 Å². The van der Waals surface area contributed by atoms with Crippen LogP contribution in [0.4, 0.5) is 5.82 Å². The van der Waals surface area contributed by atoms with Crippen LogP contribution in [0.25, 0.3) is 0 Å². The maximum atomic E-state index is 5.76. The number of hydrogen-bond donors (Lipinski definition) is 1. The van der Waals surface area contributed by atoms with Crippen LogP contribution in [0.2, 0.25) is 5.02 Å². The first kappa shape index (κ1) is 7.89. The molecule has 1 saturated heterocycles. The highest BCUT2D eigenvalue weighted by molar-refractivity contribution is 6.32. The highest BCUT2D eigenvalue weighted by Crippen LogP contribution is 2.25. The predicted octanol–water partition coefficient (Wildman–Crippen LogP) is 1.08. The van der Waals surface area contributed by atoms with Crippen LogP contribution in [0.1, 0.15) is 12.5 Å². The molecular weight excluding hydrogens is 178 g/mol. The molecule has 1 aliphatic heterocycles. The SMILES string of the molecule is Nc1c(Cl)cnn1C1CCOC1. The second-order valence-corrected chi connectivity index (χ2v) is 3.25. The molecule has 0 amide bonds. The number of aromatic nitrogens is 2. The summed E-state index contributed by atoms with van der Waals surface area (Å²) in [6, 6.07) is 0.262. The van der Waals surface area contributed by atoms with Crippen molar-refractivity contribution in [1.29, 1.82) is 0 Å². The fourth-order valence-corrected chi connectivity index (χ4v) is 1.49. The number of anilines is 1. The van der Waals surface area contributed by atoms with Gasteiger partial charge in [0.1, 0.15) is 10.8 Å². The second-order valence-electron chi connectivity index (χ2n) is 2.84. The van der Waals surface area contributed by atoms with Crippen molar-refractivity contribution >= 4 is 17.4 Å². The Balaban J connectivity index is 2.26. The summed E-state index contributed by atoms with van der Waals surface area (Å²) in [6.07, 6.45) is 2.53. The number of nitrogens with two attached hydrogens (primary N) is 1. The van der Waals surface area contributed by atoms with E-state index in [9.17, 15) is 0 Å². The van der Waals surface area contributed by atoms with E-state index in [1.807, 2.05) is 0 Å². The van der Waals surface area contributed by atoms with E-state index in [4.69, 9.17) is 22.1 Å². The lowest BCUT2D eigenvalue weighted by molar-refractivity contribution is 0.185. The van der Waals surface area contributed by atoms with Crippen molar-refractivity contribution in [3.63, 3.8) is 0 Å². The molecule has 1 aromatic rings. The monoisotopic (exact) mass is 187 g/mol. The Labute approximate surface area is 75.2 Å². The van der Waals surface area contributed by atoms with Gasteiger partial charge in [-0.1, -0.05) is 11.6 Å². The lowest BCUT2D eigenvalue weighted by Crippen LogP contribution is -2.12. The first-order valence-electron chi connectivity index (χ1n) is 3.85. The quantitative estimate of drug-likeness (QED) is 0.716. The lowest BCUT2D eigenvalue weighted by atomic mass is 10.3. The first-order chi connectivity index (χ1) is 5.79. The van der Waals surface area contributed by atoms with E-state index in [1.165, 1.54) is 0 Å². The Morgan fingerprint density at radius 3 is 3.08 bits per heavy atom. The molecule has 5 heteroatoms. The molecule has 0 radical (unpaired) electrons. The fraction of sp³-hybridized carbons (Fsp3) is 0.571. The summed E-state index contributed by atoms with van der Waals surface area (Å²) >= 11 is 5.76. The largest absolute Gasteiger partial charge is 0.383 e. The van der Waals surface area contributed by atoms with Crippen LogP contribution >= 0.6 is 11.6 Å². The molecule has 1 unspecified atom stereocenters. The Morgan fingerprint density at radius 2 is 2.58 bits per heavy atom. The summed E-state index contributed by atoms with van der Waals surface area (Å²) in [5.41, 5.74) is 5.70. The predicted molar refractivity (Wildman–Crippen MR) is 46.1 cm³/mol. The first-order valence-corrected chi connectivity index (χ1v) is 4.23. The third-order valence-electron chi connectivity index (χ3n) is 2.04. The molecule has 2 rings (SSSR count). The van der Waals surface area contributed by atoms with Gasteiger partial charge in [0.25, 0.3) is 0 Å². The molecule has 1 fully saturated rings. The minimum Gasteiger partial charge on any atom is -0.383 e. The zero-order chi connectivity index (χ0) is 8.55. The normalized spacial score (nSPS) is 23.2. The van der Waals surface area contributed by atoms with Gasteiger partial charge >= 0.3 is 0 Å². The van der Waals surface area contributed by atoms with Gasteiger partial charge < -0.3 is 10.5 Å². The molecule has 1 aromatic heterocycles. The minimum atomic E-state index is 0.262. The van der Waals surface area contributed by atoms with E-state index in [-0.39, 0.29) is 6.04 Å². The zero-order valence-corrected chi connectivity index (χ0v) is 7.29.